The summed E-state index contributed by atoms with van der Waals surface area (Å²) in [6.45, 7) is 4.87. The van der Waals surface area contributed by atoms with Gasteiger partial charge in [-0.1, -0.05) is 17.7 Å². The third-order valence-corrected chi connectivity index (χ3v) is 3.36. The molecule has 1 aromatic heterocycles. The number of aryl methyl sites for hydroxylation is 1. The fraction of sp³-hybridized carbons (Fsp3) is 0.462. The van der Waals surface area contributed by atoms with Gasteiger partial charge in [-0.05, 0) is 26.3 Å². The van der Waals surface area contributed by atoms with Gasteiger partial charge in [0.15, 0.2) is 0 Å². The van der Waals surface area contributed by atoms with E-state index in [4.69, 9.17) is 0 Å². The predicted octanol–water partition coefficient (Wildman–Crippen LogP) is 2.51. The molecule has 0 amide bonds. The summed E-state index contributed by atoms with van der Waals surface area (Å²) in [5, 5.41) is 14.2. The Morgan fingerprint density at radius 2 is 2.35 bits per heavy atom. The van der Waals surface area contributed by atoms with Gasteiger partial charge in [-0.15, -0.1) is 12.6 Å². The molecule has 0 saturated heterocycles. The molecule has 17 heavy (non-hydrogen) atoms. The van der Waals surface area contributed by atoms with Crippen LogP contribution in [0.4, 0.5) is 0 Å². The van der Waals surface area contributed by atoms with Crippen molar-refractivity contribution in [1.29, 1.82) is 0 Å². The first kappa shape index (κ1) is 12.5. The summed E-state index contributed by atoms with van der Waals surface area (Å²) in [5.41, 5.74) is 2.40. The standard InChI is InChI=1S/C13H18N2OS/c1-9(2)7-10-8-13(17)12(16)4-6-15-11(10)3-5-14-15/h3,5,7-8,10,12,16-17H,4,6H2,1-2H3/b13-8+. The minimum absolute atomic E-state index is 0.143. The second-order valence-electron chi connectivity index (χ2n) is 4.65. The van der Waals surface area contributed by atoms with E-state index in [0.717, 1.165) is 17.1 Å². The summed E-state index contributed by atoms with van der Waals surface area (Å²) in [7, 11) is 0. The molecular formula is C13H18N2OS. The number of thiol groups is 1. The molecule has 1 aliphatic rings. The number of rotatable bonds is 1. The number of aliphatic hydroxyl groups excluding tert-OH is 1. The monoisotopic (exact) mass is 250 g/mol. The average molecular weight is 250 g/mol. The molecule has 1 aromatic rings. The maximum absolute atomic E-state index is 9.89. The fourth-order valence-corrected chi connectivity index (χ4v) is 2.37. The summed E-state index contributed by atoms with van der Waals surface area (Å²) >= 11 is 4.38. The largest absolute Gasteiger partial charge is 0.388 e. The molecule has 0 saturated carbocycles. The summed E-state index contributed by atoms with van der Waals surface area (Å²) in [4.78, 5) is 0.750. The van der Waals surface area contributed by atoms with Crippen LogP contribution in [0.3, 0.4) is 0 Å². The zero-order valence-corrected chi connectivity index (χ0v) is 11.1. The molecule has 0 fully saturated rings. The van der Waals surface area contributed by atoms with E-state index in [1.54, 1.807) is 0 Å². The lowest BCUT2D eigenvalue weighted by atomic mass is 9.99. The number of fused-ring (bicyclic) bond motifs is 1. The first-order valence-corrected chi connectivity index (χ1v) is 6.28. The predicted molar refractivity (Wildman–Crippen MR) is 72.1 cm³/mol. The molecule has 2 atom stereocenters. The highest BCUT2D eigenvalue weighted by Gasteiger charge is 2.18. The zero-order chi connectivity index (χ0) is 12.4. The molecule has 1 aliphatic heterocycles. The highest BCUT2D eigenvalue weighted by Crippen LogP contribution is 2.27. The Bertz CT molecular complexity index is 458. The van der Waals surface area contributed by atoms with Gasteiger partial charge >= 0.3 is 0 Å². The highest BCUT2D eigenvalue weighted by atomic mass is 32.1. The maximum Gasteiger partial charge on any atom is 0.0860 e. The third-order valence-electron chi connectivity index (χ3n) is 2.91. The number of aliphatic hydroxyl groups is 1. The molecule has 92 valence electrons. The molecule has 0 radical (unpaired) electrons. The van der Waals surface area contributed by atoms with E-state index in [1.807, 2.05) is 23.0 Å². The van der Waals surface area contributed by atoms with Gasteiger partial charge in [-0.3, -0.25) is 4.68 Å². The van der Waals surface area contributed by atoms with E-state index in [9.17, 15) is 5.11 Å². The summed E-state index contributed by atoms with van der Waals surface area (Å²) in [6.07, 6.45) is 6.16. The van der Waals surface area contributed by atoms with E-state index < -0.39 is 6.10 Å². The quantitative estimate of drug-likeness (QED) is 0.593. The van der Waals surface area contributed by atoms with Crippen molar-refractivity contribution in [3.05, 3.63) is 40.6 Å². The second-order valence-corrected chi connectivity index (χ2v) is 5.16. The average Bonchev–Trinajstić information content (AvgIpc) is 2.70. The SMILES string of the molecule is CC(C)=CC1/C=C(/S)C(O)CCn2nccc21. The molecule has 0 aliphatic carbocycles. The summed E-state index contributed by atoms with van der Waals surface area (Å²) < 4.78 is 1.96. The number of allylic oxidation sites excluding steroid dienone is 3. The molecule has 2 rings (SSSR count). The van der Waals surface area contributed by atoms with Crippen LogP contribution in [0.1, 0.15) is 31.9 Å². The number of hydrogen-bond acceptors (Lipinski definition) is 3. The first-order chi connectivity index (χ1) is 8.08. The molecular weight excluding hydrogens is 232 g/mol. The Balaban J connectivity index is 2.45. The van der Waals surface area contributed by atoms with Gasteiger partial charge in [0.25, 0.3) is 0 Å². The lowest BCUT2D eigenvalue weighted by Crippen LogP contribution is -2.18. The van der Waals surface area contributed by atoms with Crippen LogP contribution in [0.15, 0.2) is 34.9 Å². The van der Waals surface area contributed by atoms with Gasteiger partial charge in [-0.25, -0.2) is 0 Å². The van der Waals surface area contributed by atoms with Gasteiger partial charge in [-0.2, -0.15) is 5.10 Å². The van der Waals surface area contributed by atoms with Crippen molar-refractivity contribution in [2.75, 3.05) is 0 Å². The maximum atomic E-state index is 9.89. The lowest BCUT2D eigenvalue weighted by molar-refractivity contribution is 0.197. The lowest BCUT2D eigenvalue weighted by Gasteiger charge is -2.20. The number of aromatic nitrogens is 2. The smallest absolute Gasteiger partial charge is 0.0860 e. The van der Waals surface area contributed by atoms with Crippen molar-refractivity contribution < 1.29 is 5.11 Å². The van der Waals surface area contributed by atoms with Crippen LogP contribution in [-0.2, 0) is 6.54 Å². The van der Waals surface area contributed by atoms with Gasteiger partial charge in [0, 0.05) is 29.3 Å². The Morgan fingerprint density at radius 3 is 3.06 bits per heavy atom. The molecule has 2 heterocycles. The van der Waals surface area contributed by atoms with Crippen molar-refractivity contribution in [2.24, 2.45) is 0 Å². The second kappa shape index (κ2) is 5.10. The van der Waals surface area contributed by atoms with E-state index >= 15 is 0 Å². The Morgan fingerprint density at radius 1 is 1.59 bits per heavy atom. The van der Waals surface area contributed by atoms with Crippen molar-refractivity contribution in [3.8, 4) is 0 Å². The van der Waals surface area contributed by atoms with Crippen molar-refractivity contribution in [1.82, 2.24) is 9.78 Å². The zero-order valence-electron chi connectivity index (χ0n) is 10.2. The molecule has 4 heteroatoms. The van der Waals surface area contributed by atoms with Gasteiger partial charge in [0.1, 0.15) is 0 Å². The van der Waals surface area contributed by atoms with E-state index in [2.05, 4.69) is 37.7 Å². The molecule has 0 aromatic carbocycles. The van der Waals surface area contributed by atoms with Crippen LogP contribution in [0, 0.1) is 0 Å². The molecule has 0 spiro atoms. The van der Waals surface area contributed by atoms with E-state index in [0.29, 0.717) is 6.42 Å². The van der Waals surface area contributed by atoms with E-state index in [-0.39, 0.29) is 5.92 Å². The molecule has 0 bridgehead atoms. The number of nitrogens with zero attached hydrogens (tertiary/aromatic N) is 2. The van der Waals surface area contributed by atoms with Crippen LogP contribution >= 0.6 is 12.6 Å². The topological polar surface area (TPSA) is 38.0 Å². The number of hydrogen-bond donors (Lipinski definition) is 2. The van der Waals surface area contributed by atoms with Gasteiger partial charge in [0.2, 0.25) is 0 Å². The van der Waals surface area contributed by atoms with Crippen LogP contribution in [0.25, 0.3) is 0 Å². The first-order valence-electron chi connectivity index (χ1n) is 5.83. The van der Waals surface area contributed by atoms with Crippen LogP contribution in [-0.4, -0.2) is 21.0 Å². The Kier molecular flexibility index (Phi) is 3.74. The minimum Gasteiger partial charge on any atom is -0.388 e. The van der Waals surface area contributed by atoms with Crippen molar-refractivity contribution in [3.63, 3.8) is 0 Å². The van der Waals surface area contributed by atoms with Gasteiger partial charge in [0.05, 0.1) is 6.10 Å². The molecule has 2 unspecified atom stereocenters. The van der Waals surface area contributed by atoms with Gasteiger partial charge < -0.3 is 5.11 Å². The van der Waals surface area contributed by atoms with Crippen molar-refractivity contribution in [2.45, 2.75) is 38.8 Å². The Hall–Kier alpha value is -1.00. The highest BCUT2D eigenvalue weighted by molar-refractivity contribution is 7.84. The normalized spacial score (nSPS) is 27.4. The molecule has 3 nitrogen and oxygen atoms in total. The van der Waals surface area contributed by atoms with Crippen LogP contribution in [0.2, 0.25) is 0 Å². The summed E-state index contributed by atoms with van der Waals surface area (Å²) in [5.74, 6) is 0.143. The summed E-state index contributed by atoms with van der Waals surface area (Å²) in [6, 6.07) is 2.03. The Labute approximate surface area is 107 Å². The van der Waals surface area contributed by atoms with Crippen LogP contribution < -0.4 is 0 Å². The third kappa shape index (κ3) is 2.82. The molecule has 1 N–H and O–H groups in total. The van der Waals surface area contributed by atoms with Crippen molar-refractivity contribution >= 4 is 12.6 Å². The van der Waals surface area contributed by atoms with E-state index in [1.165, 1.54) is 5.57 Å². The fourth-order valence-electron chi connectivity index (χ4n) is 2.08. The minimum atomic E-state index is -0.483. The van der Waals surface area contributed by atoms with Crippen LogP contribution in [0.5, 0.6) is 0 Å².